The van der Waals surface area contributed by atoms with Crippen LogP contribution in [-0.4, -0.2) is 11.1 Å². The number of rotatable bonds is 2. The fourth-order valence-corrected chi connectivity index (χ4v) is 5.60. The Morgan fingerprint density at radius 3 is 2.41 bits per heavy atom. The molecule has 4 nitrogen and oxygen atoms in total. The van der Waals surface area contributed by atoms with Crippen molar-refractivity contribution >= 4 is 22.7 Å². The Morgan fingerprint density at radius 2 is 1.73 bits per heavy atom. The zero-order chi connectivity index (χ0) is 14.7. The maximum atomic E-state index is 13.0. The number of hydrogen-bond donors (Lipinski definition) is 1. The number of amides is 1. The van der Waals surface area contributed by atoms with Gasteiger partial charge in [0.2, 0.25) is 5.91 Å². The van der Waals surface area contributed by atoms with Crippen LogP contribution in [0.2, 0.25) is 0 Å². The Kier molecular flexibility index (Phi) is 2.50. The maximum Gasteiger partial charge on any atom is 0.231 e. The lowest BCUT2D eigenvalue weighted by atomic mass is 9.49. The first-order valence-electron chi connectivity index (χ1n) is 8.38. The predicted molar refractivity (Wildman–Crippen MR) is 83.2 cm³/mol. The topological polar surface area (TPSA) is 55.1 Å². The molecule has 4 aliphatic carbocycles. The van der Waals surface area contributed by atoms with Gasteiger partial charge in [-0.15, -0.1) is 0 Å². The normalized spacial score (nSPS) is 35.9. The van der Waals surface area contributed by atoms with Gasteiger partial charge in [-0.2, -0.15) is 0 Å². The van der Waals surface area contributed by atoms with E-state index >= 15 is 0 Å². The second-order valence-corrected chi connectivity index (χ2v) is 7.68. The van der Waals surface area contributed by atoms with Gasteiger partial charge >= 0.3 is 0 Å². The Hall–Kier alpha value is -1.84. The molecule has 4 aliphatic rings. The quantitative estimate of drug-likeness (QED) is 0.912. The molecular weight excluding hydrogens is 276 g/mol. The van der Waals surface area contributed by atoms with Crippen LogP contribution in [0.5, 0.6) is 0 Å². The standard InChI is InChI=1S/C18H20N2O2/c21-17(19-16-14-3-1-2-4-15(14)22-20-16)18-8-11-5-12(9-18)7-13(6-11)10-18/h1-4,11-13H,5-10H2,(H,19,20,21). The van der Waals surface area contributed by atoms with Gasteiger partial charge in [0, 0.05) is 0 Å². The van der Waals surface area contributed by atoms with Crippen molar-refractivity contribution in [3.05, 3.63) is 24.3 Å². The third-order valence-corrected chi connectivity index (χ3v) is 6.13. The molecule has 4 heteroatoms. The molecule has 0 saturated heterocycles. The Bertz CT molecular complexity index is 713. The summed E-state index contributed by atoms with van der Waals surface area (Å²) < 4.78 is 5.30. The summed E-state index contributed by atoms with van der Waals surface area (Å²) in [5, 5.41) is 8.02. The van der Waals surface area contributed by atoms with E-state index in [1.54, 1.807) is 0 Å². The van der Waals surface area contributed by atoms with E-state index < -0.39 is 0 Å². The summed E-state index contributed by atoms with van der Waals surface area (Å²) in [7, 11) is 0. The van der Waals surface area contributed by atoms with Gasteiger partial charge in [-0.1, -0.05) is 17.3 Å². The summed E-state index contributed by atoms with van der Waals surface area (Å²) in [6, 6.07) is 7.68. The Labute approximate surface area is 129 Å². The zero-order valence-electron chi connectivity index (χ0n) is 12.5. The lowest BCUT2D eigenvalue weighted by Gasteiger charge is -2.55. The summed E-state index contributed by atoms with van der Waals surface area (Å²) in [5.74, 6) is 3.06. The minimum atomic E-state index is -0.144. The molecule has 1 aromatic carbocycles. The van der Waals surface area contributed by atoms with Crippen molar-refractivity contribution < 1.29 is 9.32 Å². The van der Waals surface area contributed by atoms with E-state index in [2.05, 4.69) is 10.5 Å². The summed E-state index contributed by atoms with van der Waals surface area (Å²) in [6.07, 6.45) is 7.25. The lowest BCUT2D eigenvalue weighted by molar-refractivity contribution is -0.140. The van der Waals surface area contributed by atoms with Crippen LogP contribution >= 0.6 is 0 Å². The zero-order valence-corrected chi connectivity index (χ0v) is 12.5. The van der Waals surface area contributed by atoms with Crippen molar-refractivity contribution in [1.82, 2.24) is 5.16 Å². The van der Waals surface area contributed by atoms with E-state index in [-0.39, 0.29) is 11.3 Å². The number of nitrogens with one attached hydrogen (secondary N) is 1. The third kappa shape index (κ3) is 1.76. The number of hydrogen-bond acceptors (Lipinski definition) is 3. The van der Waals surface area contributed by atoms with Gasteiger partial charge in [-0.3, -0.25) is 4.79 Å². The highest BCUT2D eigenvalue weighted by Gasteiger charge is 2.54. The maximum absolute atomic E-state index is 13.0. The van der Waals surface area contributed by atoms with Gasteiger partial charge in [0.05, 0.1) is 10.8 Å². The van der Waals surface area contributed by atoms with Crippen molar-refractivity contribution in [2.24, 2.45) is 23.2 Å². The monoisotopic (exact) mass is 296 g/mol. The van der Waals surface area contributed by atoms with Gasteiger partial charge in [0.1, 0.15) is 0 Å². The first-order valence-corrected chi connectivity index (χ1v) is 8.38. The molecule has 2 aromatic rings. The van der Waals surface area contributed by atoms with Crippen molar-refractivity contribution in [1.29, 1.82) is 0 Å². The molecule has 1 amide bonds. The number of fused-ring (bicyclic) bond motifs is 1. The van der Waals surface area contributed by atoms with E-state index in [1.165, 1.54) is 19.3 Å². The van der Waals surface area contributed by atoms with E-state index in [0.29, 0.717) is 5.82 Å². The minimum absolute atomic E-state index is 0.144. The third-order valence-electron chi connectivity index (χ3n) is 6.13. The lowest BCUT2D eigenvalue weighted by Crippen LogP contribution is -2.51. The molecule has 114 valence electrons. The molecule has 4 bridgehead atoms. The van der Waals surface area contributed by atoms with Gasteiger partial charge < -0.3 is 9.84 Å². The predicted octanol–water partition coefficient (Wildman–Crippen LogP) is 3.98. The Morgan fingerprint density at radius 1 is 1.09 bits per heavy atom. The van der Waals surface area contributed by atoms with Crippen LogP contribution in [0.1, 0.15) is 38.5 Å². The number of carbonyl (C=O) groups is 1. The molecule has 0 atom stereocenters. The van der Waals surface area contributed by atoms with Gasteiger partial charge in [0.15, 0.2) is 11.4 Å². The summed E-state index contributed by atoms with van der Waals surface area (Å²) in [4.78, 5) is 13.0. The molecule has 6 rings (SSSR count). The molecule has 22 heavy (non-hydrogen) atoms. The number of anilines is 1. The first kappa shape index (κ1) is 12.7. The van der Waals surface area contributed by atoms with Gasteiger partial charge in [-0.05, 0) is 68.4 Å². The van der Waals surface area contributed by atoms with Crippen LogP contribution in [0.4, 0.5) is 5.82 Å². The van der Waals surface area contributed by atoms with Crippen LogP contribution in [0.25, 0.3) is 11.0 Å². The first-order chi connectivity index (χ1) is 10.7. The average Bonchev–Trinajstić information content (AvgIpc) is 2.89. The molecule has 4 saturated carbocycles. The molecule has 1 heterocycles. The smallest absolute Gasteiger partial charge is 0.231 e. The highest BCUT2D eigenvalue weighted by Crippen LogP contribution is 2.60. The van der Waals surface area contributed by atoms with Crippen LogP contribution < -0.4 is 5.32 Å². The van der Waals surface area contributed by atoms with E-state index in [4.69, 9.17) is 4.52 Å². The molecule has 0 unspecified atom stereocenters. The largest absolute Gasteiger partial charge is 0.354 e. The summed E-state index contributed by atoms with van der Waals surface area (Å²) >= 11 is 0. The molecule has 1 N–H and O–H groups in total. The van der Waals surface area contributed by atoms with E-state index in [0.717, 1.165) is 48.0 Å². The van der Waals surface area contributed by atoms with Crippen molar-refractivity contribution in [2.75, 3.05) is 5.32 Å². The minimum Gasteiger partial charge on any atom is -0.354 e. The SMILES string of the molecule is O=C(Nc1noc2ccccc12)C12CC3CC(CC(C3)C1)C2. The number of para-hydroxylation sites is 1. The van der Waals surface area contributed by atoms with E-state index in [9.17, 15) is 4.79 Å². The fourth-order valence-electron chi connectivity index (χ4n) is 5.60. The van der Waals surface area contributed by atoms with Crippen molar-refractivity contribution in [3.8, 4) is 0 Å². The number of benzene rings is 1. The van der Waals surface area contributed by atoms with Crippen molar-refractivity contribution in [2.45, 2.75) is 38.5 Å². The van der Waals surface area contributed by atoms with Crippen LogP contribution in [0.3, 0.4) is 0 Å². The summed E-state index contributed by atoms with van der Waals surface area (Å²) in [5.41, 5.74) is 0.581. The fraction of sp³-hybridized carbons (Fsp3) is 0.556. The number of carbonyl (C=O) groups excluding carboxylic acids is 1. The van der Waals surface area contributed by atoms with Crippen LogP contribution in [0, 0.1) is 23.2 Å². The summed E-state index contributed by atoms with van der Waals surface area (Å²) in [6.45, 7) is 0. The van der Waals surface area contributed by atoms with Crippen molar-refractivity contribution in [3.63, 3.8) is 0 Å². The second kappa shape index (κ2) is 4.34. The Balaban J connectivity index is 1.45. The highest BCUT2D eigenvalue weighted by molar-refractivity contribution is 6.01. The second-order valence-electron chi connectivity index (χ2n) is 7.68. The molecule has 0 aliphatic heterocycles. The molecule has 4 fully saturated rings. The van der Waals surface area contributed by atoms with Gasteiger partial charge in [-0.25, -0.2) is 0 Å². The van der Waals surface area contributed by atoms with Crippen LogP contribution in [-0.2, 0) is 4.79 Å². The molecule has 0 radical (unpaired) electrons. The number of aromatic nitrogens is 1. The van der Waals surface area contributed by atoms with Gasteiger partial charge in [0.25, 0.3) is 0 Å². The van der Waals surface area contributed by atoms with E-state index in [1.807, 2.05) is 24.3 Å². The van der Waals surface area contributed by atoms with Crippen LogP contribution in [0.15, 0.2) is 28.8 Å². The molecular formula is C18H20N2O2. The average molecular weight is 296 g/mol. The number of nitrogens with zero attached hydrogens (tertiary/aromatic N) is 1. The molecule has 0 spiro atoms. The molecule has 1 aromatic heterocycles. The highest BCUT2D eigenvalue weighted by atomic mass is 16.5.